The summed E-state index contributed by atoms with van der Waals surface area (Å²) < 4.78 is 4.92. The number of phenols is 2. The normalized spacial score (nSPS) is 29.5. The summed E-state index contributed by atoms with van der Waals surface area (Å²) in [5.74, 6) is -3.24. The summed E-state index contributed by atoms with van der Waals surface area (Å²) in [5, 5.41) is 57.0. The number of hydrogen-bond donors (Lipinski definition) is 6. The summed E-state index contributed by atoms with van der Waals surface area (Å²) in [6.07, 6.45) is -3.44. The summed E-state index contributed by atoms with van der Waals surface area (Å²) in [6, 6.07) is 3.83. The first-order chi connectivity index (χ1) is 11.6. The second kappa shape index (κ2) is 7.09. The number of carbonyl (C=O) groups excluding carboxylic acids is 1. The molecule has 6 N–H and O–H groups in total. The molecule has 9 nitrogen and oxygen atoms in total. The van der Waals surface area contributed by atoms with Gasteiger partial charge in [-0.25, -0.2) is 9.59 Å². The lowest BCUT2D eigenvalue weighted by molar-refractivity contribution is -0.196. The van der Waals surface area contributed by atoms with Crippen LogP contribution in [0.1, 0.15) is 18.4 Å². The number of benzene rings is 1. The van der Waals surface area contributed by atoms with Crippen LogP contribution in [-0.4, -0.2) is 66.5 Å². The van der Waals surface area contributed by atoms with Crippen molar-refractivity contribution in [2.45, 2.75) is 36.8 Å². The minimum absolute atomic E-state index is 0.327. The van der Waals surface area contributed by atoms with Gasteiger partial charge in [-0.3, -0.25) is 0 Å². The molecule has 136 valence electrons. The monoisotopic (exact) mass is 354 g/mol. The second-order valence-corrected chi connectivity index (χ2v) is 5.86. The van der Waals surface area contributed by atoms with E-state index in [9.17, 15) is 35.1 Å². The van der Waals surface area contributed by atoms with Crippen molar-refractivity contribution in [3.05, 3.63) is 29.8 Å². The molecular weight excluding hydrogens is 336 g/mol. The molecule has 9 heteroatoms. The highest BCUT2D eigenvalue weighted by atomic mass is 16.6. The molecule has 0 bridgehead atoms. The molecule has 0 saturated heterocycles. The second-order valence-electron chi connectivity index (χ2n) is 5.86. The Labute approximate surface area is 142 Å². The molecule has 0 aliphatic heterocycles. The Balaban J connectivity index is 2.06. The van der Waals surface area contributed by atoms with Crippen LogP contribution in [0.4, 0.5) is 0 Å². The maximum atomic E-state index is 11.8. The number of aliphatic carboxylic acids is 1. The van der Waals surface area contributed by atoms with Crippen molar-refractivity contribution in [3.8, 4) is 11.5 Å². The number of esters is 1. The van der Waals surface area contributed by atoms with Crippen molar-refractivity contribution >= 4 is 18.0 Å². The minimum atomic E-state index is -2.31. The number of hydrogen-bond acceptors (Lipinski definition) is 8. The zero-order valence-corrected chi connectivity index (χ0v) is 12.9. The molecule has 1 aromatic carbocycles. The third kappa shape index (κ3) is 4.27. The van der Waals surface area contributed by atoms with E-state index in [1.165, 1.54) is 24.3 Å². The van der Waals surface area contributed by atoms with Crippen LogP contribution in [0.25, 0.3) is 6.08 Å². The molecule has 1 aliphatic carbocycles. The lowest BCUT2D eigenvalue weighted by atomic mass is 9.79. The van der Waals surface area contributed by atoms with E-state index in [2.05, 4.69) is 0 Å². The highest BCUT2D eigenvalue weighted by Gasteiger charge is 2.50. The summed E-state index contributed by atoms with van der Waals surface area (Å²) >= 11 is 0. The van der Waals surface area contributed by atoms with Gasteiger partial charge in [-0.2, -0.15) is 0 Å². The summed E-state index contributed by atoms with van der Waals surface area (Å²) in [7, 11) is 0. The number of carboxylic acids is 1. The predicted octanol–water partition coefficient (Wildman–Crippen LogP) is -0.646. The van der Waals surface area contributed by atoms with E-state index < -0.39 is 48.7 Å². The molecular formula is C16H18O9. The number of rotatable bonds is 4. The van der Waals surface area contributed by atoms with E-state index in [-0.39, 0.29) is 11.5 Å². The molecule has 1 fully saturated rings. The van der Waals surface area contributed by atoms with E-state index in [4.69, 9.17) is 9.84 Å². The van der Waals surface area contributed by atoms with Crippen molar-refractivity contribution in [2.75, 3.05) is 0 Å². The van der Waals surface area contributed by atoms with Crippen molar-refractivity contribution in [1.29, 1.82) is 0 Å². The minimum Gasteiger partial charge on any atom is -0.504 e. The van der Waals surface area contributed by atoms with Crippen LogP contribution in [0.3, 0.4) is 0 Å². The molecule has 0 aromatic heterocycles. The molecule has 0 heterocycles. The Morgan fingerprint density at radius 2 is 1.84 bits per heavy atom. The van der Waals surface area contributed by atoms with Crippen LogP contribution in [0, 0.1) is 0 Å². The van der Waals surface area contributed by atoms with E-state index in [1.807, 2.05) is 0 Å². The third-order valence-corrected chi connectivity index (χ3v) is 3.94. The molecule has 25 heavy (non-hydrogen) atoms. The zero-order valence-electron chi connectivity index (χ0n) is 12.9. The number of carboxylic acid groups (broad SMARTS) is 1. The lowest BCUT2D eigenvalue weighted by Gasteiger charge is -2.39. The molecule has 1 saturated carbocycles. The first kappa shape index (κ1) is 18.7. The summed E-state index contributed by atoms with van der Waals surface area (Å²) in [4.78, 5) is 22.9. The fourth-order valence-electron chi connectivity index (χ4n) is 2.53. The molecule has 0 unspecified atom stereocenters. The van der Waals surface area contributed by atoms with Gasteiger partial charge in [0.2, 0.25) is 0 Å². The topological polar surface area (TPSA) is 165 Å². The highest BCUT2D eigenvalue weighted by Crippen LogP contribution is 2.31. The van der Waals surface area contributed by atoms with Gasteiger partial charge in [0, 0.05) is 18.9 Å². The standard InChI is InChI=1S/C16H18O9/c17-9-3-1-8(5-10(9)18)2-4-13(20)25-12-7-16(24,15(22)23)6-11(19)14(12)21/h1-5,11-12,14,17-19,21,24H,6-7H2,(H,22,23)/t11-,12+,14-,16+/m0/s1. The Morgan fingerprint density at radius 1 is 1.16 bits per heavy atom. The molecule has 1 aromatic rings. The maximum absolute atomic E-state index is 11.8. The van der Waals surface area contributed by atoms with E-state index in [1.54, 1.807) is 0 Å². The number of phenolic OH excluding ortho intramolecular Hbond substituents is 2. The quantitative estimate of drug-likeness (QED) is 0.234. The van der Waals surface area contributed by atoms with Gasteiger partial charge in [-0.1, -0.05) is 6.07 Å². The molecule has 0 radical (unpaired) electrons. The van der Waals surface area contributed by atoms with Crippen molar-refractivity contribution < 1.29 is 45.0 Å². The van der Waals surface area contributed by atoms with Crippen molar-refractivity contribution in [2.24, 2.45) is 0 Å². The van der Waals surface area contributed by atoms with Crippen LogP contribution in [-0.2, 0) is 14.3 Å². The number of ether oxygens (including phenoxy) is 1. The number of aliphatic hydroxyl groups is 3. The fourth-order valence-corrected chi connectivity index (χ4v) is 2.53. The van der Waals surface area contributed by atoms with Gasteiger partial charge in [-0.05, 0) is 23.8 Å². The van der Waals surface area contributed by atoms with Crippen LogP contribution in [0.5, 0.6) is 11.5 Å². The summed E-state index contributed by atoms with van der Waals surface area (Å²) in [5.41, 5.74) is -1.94. The Bertz CT molecular complexity index is 699. The number of carbonyl (C=O) groups is 2. The average molecular weight is 354 g/mol. The number of aliphatic hydroxyl groups excluding tert-OH is 2. The lowest BCUT2D eigenvalue weighted by Crippen LogP contribution is -2.57. The molecule has 4 atom stereocenters. The zero-order chi connectivity index (χ0) is 18.8. The van der Waals surface area contributed by atoms with E-state index in [0.29, 0.717) is 5.56 Å². The average Bonchev–Trinajstić information content (AvgIpc) is 2.53. The smallest absolute Gasteiger partial charge is 0.335 e. The Morgan fingerprint density at radius 3 is 2.44 bits per heavy atom. The van der Waals surface area contributed by atoms with Gasteiger partial charge in [0.05, 0.1) is 6.10 Å². The molecule has 0 spiro atoms. The Kier molecular flexibility index (Phi) is 5.31. The largest absolute Gasteiger partial charge is 0.504 e. The van der Waals surface area contributed by atoms with E-state index >= 15 is 0 Å². The first-order valence-electron chi connectivity index (χ1n) is 7.35. The van der Waals surface area contributed by atoms with Crippen molar-refractivity contribution in [3.63, 3.8) is 0 Å². The van der Waals surface area contributed by atoms with Gasteiger partial charge in [0.1, 0.15) is 12.2 Å². The van der Waals surface area contributed by atoms with Crippen LogP contribution in [0.15, 0.2) is 24.3 Å². The van der Waals surface area contributed by atoms with Gasteiger partial charge < -0.3 is 35.4 Å². The van der Waals surface area contributed by atoms with Gasteiger partial charge in [0.15, 0.2) is 17.1 Å². The summed E-state index contributed by atoms with van der Waals surface area (Å²) in [6.45, 7) is 0. The molecule has 1 aliphatic rings. The van der Waals surface area contributed by atoms with Crippen molar-refractivity contribution in [1.82, 2.24) is 0 Å². The fraction of sp³-hybridized carbons (Fsp3) is 0.375. The predicted molar refractivity (Wildman–Crippen MR) is 82.5 cm³/mol. The maximum Gasteiger partial charge on any atom is 0.335 e. The van der Waals surface area contributed by atoms with Gasteiger partial charge in [-0.15, -0.1) is 0 Å². The SMILES string of the molecule is O=C(C=Cc1ccc(O)c(O)c1)O[C@@H]1C[C@@](O)(C(=O)O)C[C@H](O)[C@@H]1O. The number of aromatic hydroxyl groups is 2. The van der Waals surface area contributed by atoms with Gasteiger partial charge >= 0.3 is 11.9 Å². The van der Waals surface area contributed by atoms with Gasteiger partial charge in [0.25, 0.3) is 0 Å². The third-order valence-electron chi connectivity index (χ3n) is 3.94. The van der Waals surface area contributed by atoms with E-state index in [0.717, 1.165) is 6.08 Å². The Hall–Kier alpha value is -2.62. The first-order valence-corrected chi connectivity index (χ1v) is 7.35. The molecule has 0 amide bonds. The van der Waals surface area contributed by atoms with Crippen LogP contribution in [0.2, 0.25) is 0 Å². The molecule has 2 rings (SSSR count). The van der Waals surface area contributed by atoms with Crippen LogP contribution >= 0.6 is 0 Å². The van der Waals surface area contributed by atoms with Crippen LogP contribution < -0.4 is 0 Å². The highest BCUT2D eigenvalue weighted by molar-refractivity contribution is 5.87.